The van der Waals surface area contributed by atoms with Crippen molar-refractivity contribution in [2.45, 2.75) is 77.9 Å². The summed E-state index contributed by atoms with van der Waals surface area (Å²) in [7, 11) is 1.83. The highest BCUT2D eigenvalue weighted by atomic mass is 16.5. The minimum Gasteiger partial charge on any atom is -0.383 e. The van der Waals surface area contributed by atoms with Crippen LogP contribution in [0.2, 0.25) is 0 Å². The van der Waals surface area contributed by atoms with E-state index < -0.39 is 0 Å². The largest absolute Gasteiger partial charge is 0.383 e. The van der Waals surface area contributed by atoms with Gasteiger partial charge in [0.1, 0.15) is 0 Å². The molecule has 3 heteroatoms. The molecule has 0 aliphatic heterocycles. The molecule has 0 aromatic rings. The number of methoxy groups -OCH3 is 1. The van der Waals surface area contributed by atoms with Gasteiger partial charge in [-0.2, -0.15) is 0 Å². The van der Waals surface area contributed by atoms with E-state index in [0.717, 1.165) is 31.7 Å². The lowest BCUT2D eigenvalue weighted by Crippen LogP contribution is -2.55. The van der Waals surface area contributed by atoms with Crippen LogP contribution in [0.15, 0.2) is 0 Å². The topological polar surface area (TPSA) is 24.5 Å². The van der Waals surface area contributed by atoms with Crippen molar-refractivity contribution in [3.8, 4) is 0 Å². The zero-order chi connectivity index (χ0) is 15.5. The first-order chi connectivity index (χ1) is 9.97. The molecule has 0 aromatic heterocycles. The molecule has 0 heterocycles. The molecule has 2 aliphatic rings. The molecule has 1 N–H and O–H groups in total. The zero-order valence-corrected chi connectivity index (χ0v) is 14.8. The Balaban J connectivity index is 2.07. The van der Waals surface area contributed by atoms with Gasteiger partial charge >= 0.3 is 0 Å². The van der Waals surface area contributed by atoms with Crippen molar-refractivity contribution >= 4 is 0 Å². The van der Waals surface area contributed by atoms with E-state index in [4.69, 9.17) is 4.74 Å². The van der Waals surface area contributed by atoms with Gasteiger partial charge < -0.3 is 10.1 Å². The molecule has 2 rings (SSSR count). The molecule has 2 aliphatic carbocycles. The van der Waals surface area contributed by atoms with Crippen LogP contribution in [0.5, 0.6) is 0 Å². The summed E-state index contributed by atoms with van der Waals surface area (Å²) in [6.07, 6.45) is 6.83. The lowest BCUT2D eigenvalue weighted by Gasteiger charge is -2.46. The van der Waals surface area contributed by atoms with Crippen LogP contribution in [0, 0.1) is 11.3 Å². The molecule has 2 fully saturated rings. The molecule has 2 saturated carbocycles. The summed E-state index contributed by atoms with van der Waals surface area (Å²) in [4.78, 5) is 2.77. The minimum absolute atomic E-state index is 0.436. The van der Waals surface area contributed by atoms with Crippen LogP contribution in [0.3, 0.4) is 0 Å². The lowest BCUT2D eigenvalue weighted by atomic mass is 9.69. The summed E-state index contributed by atoms with van der Waals surface area (Å²) in [5, 5.41) is 3.76. The Labute approximate surface area is 131 Å². The molecule has 0 amide bonds. The van der Waals surface area contributed by atoms with E-state index in [9.17, 15) is 0 Å². The number of hydrogen-bond acceptors (Lipinski definition) is 3. The van der Waals surface area contributed by atoms with E-state index in [0.29, 0.717) is 17.5 Å². The molecule has 0 radical (unpaired) electrons. The third-order valence-electron chi connectivity index (χ3n) is 5.50. The first-order valence-corrected chi connectivity index (χ1v) is 8.95. The predicted molar refractivity (Wildman–Crippen MR) is 89.7 cm³/mol. The Morgan fingerprint density at radius 2 is 1.86 bits per heavy atom. The number of likely N-dealkylation sites (N-methyl/N-ethyl adjacent to an activating group) is 1. The standard InChI is InChI=1S/C18H36N2O/c1-6-19-16-10-7-14(18(2,3)4)13-17(16)20(11-12-21-5)15-8-9-15/h14-17,19H,6-13H2,1-5H3. The molecule has 0 bridgehead atoms. The van der Waals surface area contributed by atoms with E-state index in [1.807, 2.05) is 7.11 Å². The number of ether oxygens (including phenoxy) is 1. The van der Waals surface area contributed by atoms with Gasteiger partial charge in [-0.1, -0.05) is 27.7 Å². The van der Waals surface area contributed by atoms with E-state index >= 15 is 0 Å². The predicted octanol–water partition coefficient (Wildman–Crippen LogP) is 3.29. The summed E-state index contributed by atoms with van der Waals surface area (Å²) in [6.45, 7) is 12.5. The summed E-state index contributed by atoms with van der Waals surface area (Å²) in [6, 6.07) is 2.20. The Bertz CT molecular complexity index is 309. The Kier molecular flexibility index (Phi) is 6.10. The maximum atomic E-state index is 5.37. The molecule has 3 atom stereocenters. The fourth-order valence-corrected chi connectivity index (χ4v) is 4.02. The number of rotatable bonds is 7. The number of nitrogens with one attached hydrogen (secondary N) is 1. The second-order valence-electron chi connectivity index (χ2n) is 8.07. The van der Waals surface area contributed by atoms with Crippen LogP contribution in [0.25, 0.3) is 0 Å². The molecule has 124 valence electrons. The maximum absolute atomic E-state index is 5.37. The summed E-state index contributed by atoms with van der Waals surface area (Å²) in [5.41, 5.74) is 0.436. The smallest absolute Gasteiger partial charge is 0.0589 e. The van der Waals surface area contributed by atoms with Crippen molar-refractivity contribution in [3.63, 3.8) is 0 Å². The lowest BCUT2D eigenvalue weighted by molar-refractivity contribution is 0.0375. The first-order valence-electron chi connectivity index (χ1n) is 8.95. The van der Waals surface area contributed by atoms with Crippen LogP contribution in [-0.2, 0) is 4.74 Å². The zero-order valence-electron chi connectivity index (χ0n) is 14.8. The minimum atomic E-state index is 0.436. The van der Waals surface area contributed by atoms with Gasteiger partial charge in [-0.3, -0.25) is 4.90 Å². The maximum Gasteiger partial charge on any atom is 0.0589 e. The monoisotopic (exact) mass is 296 g/mol. The highest BCUT2D eigenvalue weighted by Gasteiger charge is 2.42. The van der Waals surface area contributed by atoms with Gasteiger partial charge in [0.25, 0.3) is 0 Å². The molecule has 21 heavy (non-hydrogen) atoms. The van der Waals surface area contributed by atoms with Crippen molar-refractivity contribution in [2.75, 3.05) is 26.8 Å². The molecular formula is C18H36N2O. The van der Waals surface area contributed by atoms with Crippen LogP contribution in [0.1, 0.15) is 59.8 Å². The van der Waals surface area contributed by atoms with Crippen molar-refractivity contribution < 1.29 is 4.74 Å². The fraction of sp³-hybridized carbons (Fsp3) is 1.00. The summed E-state index contributed by atoms with van der Waals surface area (Å²) in [5.74, 6) is 0.848. The number of hydrogen-bond donors (Lipinski definition) is 1. The molecule has 0 saturated heterocycles. The van der Waals surface area contributed by atoms with E-state index in [2.05, 4.69) is 37.9 Å². The Hall–Kier alpha value is -0.120. The van der Waals surface area contributed by atoms with Crippen LogP contribution in [0.4, 0.5) is 0 Å². The number of nitrogens with zero attached hydrogens (tertiary/aromatic N) is 1. The Morgan fingerprint density at radius 1 is 1.14 bits per heavy atom. The van der Waals surface area contributed by atoms with Gasteiger partial charge in [-0.15, -0.1) is 0 Å². The second-order valence-corrected chi connectivity index (χ2v) is 8.07. The quantitative estimate of drug-likeness (QED) is 0.780. The average Bonchev–Trinajstić information content (AvgIpc) is 3.24. The Morgan fingerprint density at radius 3 is 2.38 bits per heavy atom. The molecule has 3 unspecified atom stereocenters. The fourth-order valence-electron chi connectivity index (χ4n) is 4.02. The van der Waals surface area contributed by atoms with Gasteiger partial charge in [-0.05, 0) is 50.0 Å². The van der Waals surface area contributed by atoms with Crippen LogP contribution >= 0.6 is 0 Å². The first kappa shape index (κ1) is 17.2. The van der Waals surface area contributed by atoms with Crippen LogP contribution in [-0.4, -0.2) is 49.8 Å². The van der Waals surface area contributed by atoms with Gasteiger partial charge in [0.2, 0.25) is 0 Å². The van der Waals surface area contributed by atoms with E-state index in [1.165, 1.54) is 32.1 Å². The third kappa shape index (κ3) is 4.67. The van der Waals surface area contributed by atoms with Gasteiger partial charge in [0.05, 0.1) is 6.61 Å². The molecule has 3 nitrogen and oxygen atoms in total. The van der Waals surface area contributed by atoms with Crippen molar-refractivity contribution in [1.29, 1.82) is 0 Å². The summed E-state index contributed by atoms with van der Waals surface area (Å²) < 4.78 is 5.37. The third-order valence-corrected chi connectivity index (χ3v) is 5.50. The van der Waals surface area contributed by atoms with E-state index in [1.54, 1.807) is 0 Å². The molecule has 0 aromatic carbocycles. The highest BCUT2D eigenvalue weighted by molar-refractivity contribution is 4.98. The molecular weight excluding hydrogens is 260 g/mol. The molecule has 0 spiro atoms. The second kappa shape index (κ2) is 7.43. The van der Waals surface area contributed by atoms with Gasteiger partial charge in [0, 0.05) is 31.8 Å². The van der Waals surface area contributed by atoms with Gasteiger partial charge in [-0.25, -0.2) is 0 Å². The van der Waals surface area contributed by atoms with E-state index in [-0.39, 0.29) is 0 Å². The highest BCUT2D eigenvalue weighted by Crippen LogP contribution is 2.41. The van der Waals surface area contributed by atoms with Crippen molar-refractivity contribution in [2.24, 2.45) is 11.3 Å². The summed E-state index contributed by atoms with van der Waals surface area (Å²) >= 11 is 0. The van der Waals surface area contributed by atoms with Gasteiger partial charge in [0.15, 0.2) is 0 Å². The van der Waals surface area contributed by atoms with Crippen LogP contribution < -0.4 is 5.32 Å². The van der Waals surface area contributed by atoms with Crippen molar-refractivity contribution in [3.05, 3.63) is 0 Å². The van der Waals surface area contributed by atoms with Crippen molar-refractivity contribution in [1.82, 2.24) is 10.2 Å². The normalized spacial score (nSPS) is 30.9. The SMILES string of the molecule is CCNC1CCC(C(C)(C)C)CC1N(CCOC)C1CC1. The average molecular weight is 296 g/mol.